The van der Waals surface area contributed by atoms with E-state index in [1.54, 1.807) is 20.8 Å². The van der Waals surface area contributed by atoms with Gasteiger partial charge in [-0.1, -0.05) is 0 Å². The molecule has 0 aromatic rings. The number of hydrogen-bond donors (Lipinski definition) is 1. The average Bonchev–Trinajstić information content (AvgIpc) is 2.48. The molecule has 5 nitrogen and oxygen atoms in total. The molecule has 1 heterocycles. The minimum absolute atomic E-state index is 0.00278. The standard InChI is InChI=1S/C10H19NO4/c1-10(2,3)14-9(13)15-11-6-4-5-8(11)7-12/h8,12H,4-7H2,1-3H3. The summed E-state index contributed by atoms with van der Waals surface area (Å²) >= 11 is 0. The van der Waals surface area contributed by atoms with Crippen molar-refractivity contribution < 1.29 is 19.5 Å². The summed E-state index contributed by atoms with van der Waals surface area (Å²) < 4.78 is 5.01. The number of carbonyl (C=O) groups is 1. The van der Waals surface area contributed by atoms with Gasteiger partial charge in [0.1, 0.15) is 5.60 Å². The predicted octanol–water partition coefficient (Wildman–Crippen LogP) is 1.31. The lowest BCUT2D eigenvalue weighted by Crippen LogP contribution is -2.36. The monoisotopic (exact) mass is 217 g/mol. The van der Waals surface area contributed by atoms with Gasteiger partial charge < -0.3 is 14.7 Å². The molecule has 0 aliphatic carbocycles. The van der Waals surface area contributed by atoms with Crippen LogP contribution in [0.2, 0.25) is 0 Å². The Morgan fingerprint density at radius 2 is 2.20 bits per heavy atom. The summed E-state index contributed by atoms with van der Waals surface area (Å²) in [6, 6.07) is -0.0856. The van der Waals surface area contributed by atoms with Gasteiger partial charge in [-0.3, -0.25) is 0 Å². The maximum Gasteiger partial charge on any atom is 0.528 e. The van der Waals surface area contributed by atoms with Gasteiger partial charge in [0, 0.05) is 6.54 Å². The highest BCUT2D eigenvalue weighted by atomic mass is 16.8. The van der Waals surface area contributed by atoms with Crippen LogP contribution in [0.15, 0.2) is 0 Å². The van der Waals surface area contributed by atoms with Gasteiger partial charge >= 0.3 is 6.16 Å². The third-order valence-electron chi connectivity index (χ3n) is 2.12. The first-order valence-corrected chi connectivity index (χ1v) is 5.21. The highest BCUT2D eigenvalue weighted by Gasteiger charge is 2.29. The summed E-state index contributed by atoms with van der Waals surface area (Å²) in [5.74, 6) is 0. The number of nitrogens with zero attached hydrogens (tertiary/aromatic N) is 1. The molecular weight excluding hydrogens is 198 g/mol. The molecule has 0 amide bonds. The first-order chi connectivity index (χ1) is 6.92. The Balaban J connectivity index is 2.37. The summed E-state index contributed by atoms with van der Waals surface area (Å²) in [4.78, 5) is 16.3. The van der Waals surface area contributed by atoms with E-state index in [0.717, 1.165) is 12.8 Å². The van der Waals surface area contributed by atoms with Gasteiger partial charge in [0.05, 0.1) is 12.6 Å². The van der Waals surface area contributed by atoms with Crippen molar-refractivity contribution in [2.24, 2.45) is 0 Å². The Bertz CT molecular complexity index is 224. The van der Waals surface area contributed by atoms with E-state index in [4.69, 9.17) is 14.7 Å². The van der Waals surface area contributed by atoms with Gasteiger partial charge in [0.25, 0.3) is 0 Å². The number of rotatable bonds is 2. The largest absolute Gasteiger partial charge is 0.528 e. The van der Waals surface area contributed by atoms with Gasteiger partial charge in [0.15, 0.2) is 0 Å². The fourth-order valence-corrected chi connectivity index (χ4v) is 1.48. The third-order valence-corrected chi connectivity index (χ3v) is 2.12. The molecule has 1 aliphatic heterocycles. The molecule has 1 N–H and O–H groups in total. The minimum Gasteiger partial charge on any atom is -0.427 e. The summed E-state index contributed by atoms with van der Waals surface area (Å²) in [7, 11) is 0. The number of hydrogen-bond acceptors (Lipinski definition) is 5. The summed E-state index contributed by atoms with van der Waals surface area (Å²) in [5, 5.41) is 10.5. The van der Waals surface area contributed by atoms with Crippen molar-refractivity contribution in [1.82, 2.24) is 5.06 Å². The summed E-state index contributed by atoms with van der Waals surface area (Å²) in [6.45, 7) is 6.00. The van der Waals surface area contributed by atoms with E-state index in [1.165, 1.54) is 5.06 Å². The van der Waals surface area contributed by atoms with Crippen molar-refractivity contribution in [3.05, 3.63) is 0 Å². The van der Waals surface area contributed by atoms with Gasteiger partial charge in [-0.05, 0) is 33.6 Å². The molecule has 1 fully saturated rings. The lowest BCUT2D eigenvalue weighted by molar-refractivity contribution is -0.156. The molecule has 0 saturated carbocycles. The van der Waals surface area contributed by atoms with Crippen molar-refractivity contribution >= 4 is 6.16 Å². The molecule has 5 heteroatoms. The number of carbonyl (C=O) groups excluding carboxylic acids is 1. The van der Waals surface area contributed by atoms with E-state index in [0.29, 0.717) is 6.54 Å². The molecule has 1 saturated heterocycles. The lowest BCUT2D eigenvalue weighted by atomic mass is 10.2. The maximum absolute atomic E-state index is 11.3. The zero-order chi connectivity index (χ0) is 11.5. The zero-order valence-corrected chi connectivity index (χ0v) is 9.52. The fourth-order valence-electron chi connectivity index (χ4n) is 1.48. The van der Waals surface area contributed by atoms with E-state index < -0.39 is 11.8 Å². The molecular formula is C10H19NO4. The van der Waals surface area contributed by atoms with Crippen LogP contribution >= 0.6 is 0 Å². The van der Waals surface area contributed by atoms with E-state index in [9.17, 15) is 4.79 Å². The lowest BCUT2D eigenvalue weighted by Gasteiger charge is -2.24. The molecule has 88 valence electrons. The molecule has 0 aromatic heterocycles. The number of ether oxygens (including phenoxy) is 1. The van der Waals surface area contributed by atoms with Crippen LogP contribution in [0.1, 0.15) is 33.6 Å². The van der Waals surface area contributed by atoms with Gasteiger partial charge in [-0.15, -0.1) is 5.06 Å². The second-order valence-corrected chi connectivity index (χ2v) is 4.68. The summed E-state index contributed by atoms with van der Waals surface area (Å²) in [6.07, 6.45) is 1.07. The normalized spacial score (nSPS) is 22.8. The number of aliphatic hydroxyl groups is 1. The van der Waals surface area contributed by atoms with Gasteiger partial charge in [0.2, 0.25) is 0 Å². The first-order valence-electron chi connectivity index (χ1n) is 5.21. The van der Waals surface area contributed by atoms with Crippen molar-refractivity contribution in [2.45, 2.75) is 45.3 Å². The molecule has 0 aromatic carbocycles. The Labute approximate surface area is 89.9 Å². The molecule has 1 atom stereocenters. The summed E-state index contributed by atoms with van der Waals surface area (Å²) in [5.41, 5.74) is -0.550. The smallest absolute Gasteiger partial charge is 0.427 e. The maximum atomic E-state index is 11.3. The van der Waals surface area contributed by atoms with Crippen molar-refractivity contribution in [1.29, 1.82) is 0 Å². The Morgan fingerprint density at radius 3 is 2.73 bits per heavy atom. The molecule has 0 bridgehead atoms. The van der Waals surface area contributed by atoms with E-state index >= 15 is 0 Å². The van der Waals surface area contributed by atoms with Crippen LogP contribution in [0.25, 0.3) is 0 Å². The topological polar surface area (TPSA) is 59.0 Å². The van der Waals surface area contributed by atoms with Crippen molar-refractivity contribution in [3.63, 3.8) is 0 Å². The van der Waals surface area contributed by atoms with Crippen molar-refractivity contribution in [2.75, 3.05) is 13.2 Å². The van der Waals surface area contributed by atoms with Crippen LogP contribution in [0.5, 0.6) is 0 Å². The number of hydroxylamine groups is 2. The highest BCUT2D eigenvalue weighted by Crippen LogP contribution is 2.18. The van der Waals surface area contributed by atoms with E-state index in [-0.39, 0.29) is 12.6 Å². The van der Waals surface area contributed by atoms with Crippen LogP contribution in [0.4, 0.5) is 4.79 Å². The molecule has 1 rings (SSSR count). The SMILES string of the molecule is CC(C)(C)OC(=O)ON1CCCC1CO. The first kappa shape index (κ1) is 12.3. The highest BCUT2D eigenvalue weighted by molar-refractivity contribution is 5.60. The third kappa shape index (κ3) is 4.05. The van der Waals surface area contributed by atoms with E-state index in [2.05, 4.69) is 0 Å². The molecule has 0 spiro atoms. The van der Waals surface area contributed by atoms with Crippen LogP contribution in [0.3, 0.4) is 0 Å². The predicted molar refractivity (Wildman–Crippen MR) is 54.1 cm³/mol. The van der Waals surface area contributed by atoms with Crippen LogP contribution in [0, 0.1) is 0 Å². The Kier molecular flexibility index (Phi) is 3.93. The number of aliphatic hydroxyl groups excluding tert-OH is 1. The quantitative estimate of drug-likeness (QED) is 0.707. The van der Waals surface area contributed by atoms with Crippen molar-refractivity contribution in [3.8, 4) is 0 Å². The molecule has 1 unspecified atom stereocenters. The van der Waals surface area contributed by atoms with Crippen LogP contribution < -0.4 is 0 Å². The average molecular weight is 217 g/mol. The second-order valence-electron chi connectivity index (χ2n) is 4.68. The van der Waals surface area contributed by atoms with Gasteiger partial charge in [-0.2, -0.15) is 0 Å². The molecule has 1 aliphatic rings. The Hall–Kier alpha value is -0.810. The minimum atomic E-state index is -0.706. The molecule has 15 heavy (non-hydrogen) atoms. The second kappa shape index (κ2) is 4.81. The van der Waals surface area contributed by atoms with Crippen LogP contribution in [-0.2, 0) is 9.57 Å². The van der Waals surface area contributed by atoms with Crippen LogP contribution in [-0.4, -0.2) is 41.1 Å². The molecule has 0 radical (unpaired) electrons. The van der Waals surface area contributed by atoms with E-state index in [1.807, 2.05) is 0 Å². The van der Waals surface area contributed by atoms with Gasteiger partial charge in [-0.25, -0.2) is 4.79 Å². The Morgan fingerprint density at radius 1 is 1.53 bits per heavy atom. The zero-order valence-electron chi connectivity index (χ0n) is 9.52. The fraction of sp³-hybridized carbons (Fsp3) is 0.900.